The molecule has 0 radical (unpaired) electrons. The molecule has 0 unspecified atom stereocenters. The lowest BCUT2D eigenvalue weighted by Crippen LogP contribution is -2.57. The summed E-state index contributed by atoms with van der Waals surface area (Å²) >= 11 is 0. The van der Waals surface area contributed by atoms with E-state index in [0.29, 0.717) is 45.0 Å². The van der Waals surface area contributed by atoms with Gasteiger partial charge in [0.2, 0.25) is 5.91 Å². The number of hydrogen-bond donors (Lipinski definition) is 5. The van der Waals surface area contributed by atoms with Crippen LogP contribution >= 0.6 is 0 Å². The lowest BCUT2D eigenvalue weighted by atomic mass is 10.00. The summed E-state index contributed by atoms with van der Waals surface area (Å²) in [6, 6.07) is 8.20. The lowest BCUT2D eigenvalue weighted by Gasteiger charge is -2.27. The third kappa shape index (κ3) is 12.1. The summed E-state index contributed by atoms with van der Waals surface area (Å²) in [7, 11) is -3.76. The molecule has 0 saturated carbocycles. The Morgan fingerprint density at radius 2 is 1.80 bits per heavy atom. The Morgan fingerprint density at radius 3 is 2.45 bits per heavy atom. The van der Waals surface area contributed by atoms with Crippen molar-refractivity contribution in [3.8, 4) is 0 Å². The molecule has 2 amide bonds. The van der Waals surface area contributed by atoms with Crippen molar-refractivity contribution in [2.24, 2.45) is 0 Å². The summed E-state index contributed by atoms with van der Waals surface area (Å²) in [5, 5.41) is 22.3. The highest BCUT2D eigenvalue weighted by Gasteiger charge is 2.32. The van der Waals surface area contributed by atoms with Crippen molar-refractivity contribution in [3.05, 3.63) is 70.8 Å². The fourth-order valence-electron chi connectivity index (χ4n) is 4.96. The Balaban J connectivity index is 1.77. The van der Waals surface area contributed by atoms with Crippen LogP contribution in [0.25, 0.3) is 0 Å². The first-order valence-corrected chi connectivity index (χ1v) is 16.9. The van der Waals surface area contributed by atoms with Crippen molar-refractivity contribution >= 4 is 21.8 Å². The molecule has 0 aliphatic carbocycles. The average molecular weight is 639 g/mol. The number of halogens is 2. The van der Waals surface area contributed by atoms with E-state index in [0.717, 1.165) is 29.7 Å². The third-order valence-electron chi connectivity index (χ3n) is 7.38. The van der Waals surface area contributed by atoms with Gasteiger partial charge in [-0.05, 0) is 61.1 Å². The van der Waals surface area contributed by atoms with Crippen molar-refractivity contribution < 1.29 is 36.6 Å². The van der Waals surface area contributed by atoms with Gasteiger partial charge in [-0.3, -0.25) is 4.79 Å². The van der Waals surface area contributed by atoms with E-state index in [1.807, 2.05) is 38.1 Å². The molecule has 5 N–H and O–H groups in total. The number of benzene rings is 2. The number of aliphatic hydroxyl groups is 1. The van der Waals surface area contributed by atoms with Gasteiger partial charge in [0.1, 0.15) is 23.8 Å². The molecule has 1 fully saturated rings. The molecule has 1 aliphatic heterocycles. The van der Waals surface area contributed by atoms with E-state index >= 15 is 0 Å². The molecule has 2 aromatic rings. The van der Waals surface area contributed by atoms with Crippen LogP contribution < -0.4 is 21.3 Å². The molecule has 1 saturated heterocycles. The van der Waals surface area contributed by atoms with Crippen molar-refractivity contribution in [1.82, 2.24) is 21.3 Å². The van der Waals surface area contributed by atoms with Crippen molar-refractivity contribution in [1.29, 1.82) is 0 Å². The van der Waals surface area contributed by atoms with E-state index < -0.39 is 63.5 Å². The monoisotopic (exact) mass is 638 g/mol. The number of aliphatic hydroxyl groups excluding tert-OH is 1. The summed E-state index contributed by atoms with van der Waals surface area (Å²) in [6.07, 6.45) is -0.323. The van der Waals surface area contributed by atoms with Crippen LogP contribution in [0.2, 0.25) is 0 Å². The van der Waals surface area contributed by atoms with E-state index in [1.54, 1.807) is 0 Å². The first-order chi connectivity index (χ1) is 21.0. The summed E-state index contributed by atoms with van der Waals surface area (Å²) in [5.74, 6) is -3.37. The first kappa shape index (κ1) is 35.4. The van der Waals surface area contributed by atoms with E-state index in [9.17, 15) is 31.9 Å². The van der Waals surface area contributed by atoms with Crippen LogP contribution in [0.3, 0.4) is 0 Å². The fraction of sp³-hybridized carbons (Fsp3) is 0.548. The van der Waals surface area contributed by atoms with Gasteiger partial charge in [0.05, 0.1) is 23.7 Å². The Hall–Kier alpha value is -3.13. The van der Waals surface area contributed by atoms with Gasteiger partial charge in [-0.15, -0.1) is 0 Å². The van der Waals surface area contributed by atoms with Gasteiger partial charge in [-0.2, -0.15) is 0 Å². The summed E-state index contributed by atoms with van der Waals surface area (Å²) in [4.78, 5) is 26.2. The normalized spacial score (nSPS) is 17.1. The van der Waals surface area contributed by atoms with Gasteiger partial charge in [0.15, 0.2) is 9.84 Å². The van der Waals surface area contributed by atoms with Crippen LogP contribution in [0.15, 0.2) is 42.5 Å². The topological polar surface area (TPSA) is 146 Å². The Labute approximate surface area is 258 Å². The maximum absolute atomic E-state index is 14.0. The first-order valence-electron chi connectivity index (χ1n) is 15.1. The Morgan fingerprint density at radius 1 is 1.07 bits per heavy atom. The van der Waals surface area contributed by atoms with Crippen LogP contribution in [0, 0.1) is 11.6 Å². The second-order valence-corrected chi connectivity index (χ2v) is 13.4. The van der Waals surface area contributed by atoms with Crippen molar-refractivity contribution in [3.63, 3.8) is 0 Å². The Kier molecular flexibility index (Phi) is 14.0. The number of aryl methyl sites for hydroxylation is 1. The second kappa shape index (κ2) is 17.4. The highest BCUT2D eigenvalue weighted by Crippen LogP contribution is 2.13. The fourth-order valence-corrected chi connectivity index (χ4v) is 6.59. The zero-order valence-corrected chi connectivity index (χ0v) is 26.1. The van der Waals surface area contributed by atoms with Gasteiger partial charge >= 0.3 is 6.09 Å². The van der Waals surface area contributed by atoms with Gasteiger partial charge < -0.3 is 31.1 Å². The van der Waals surface area contributed by atoms with Gasteiger partial charge in [0, 0.05) is 25.7 Å². The maximum atomic E-state index is 14.0. The van der Waals surface area contributed by atoms with E-state index in [2.05, 4.69) is 21.3 Å². The predicted molar refractivity (Wildman–Crippen MR) is 164 cm³/mol. The molecule has 4 atom stereocenters. The number of alkyl carbamates (subject to hydrolysis) is 1. The highest BCUT2D eigenvalue weighted by molar-refractivity contribution is 7.91. The zero-order chi connectivity index (χ0) is 32.1. The minimum atomic E-state index is -3.76. The van der Waals surface area contributed by atoms with Gasteiger partial charge in [0.25, 0.3) is 0 Å². The molecule has 0 aromatic heterocycles. The molecule has 244 valence electrons. The number of sulfone groups is 1. The molecule has 0 spiro atoms. The minimum Gasteiger partial charge on any atom is -0.445 e. The number of rotatable bonds is 17. The molecular weight excluding hydrogens is 594 g/mol. The average Bonchev–Trinajstić information content (AvgIpc) is 3.47. The van der Waals surface area contributed by atoms with Crippen molar-refractivity contribution in [2.75, 3.05) is 31.1 Å². The van der Waals surface area contributed by atoms with E-state index in [4.69, 9.17) is 4.74 Å². The quantitative estimate of drug-likeness (QED) is 0.178. The molecule has 1 heterocycles. The molecule has 1 aliphatic rings. The minimum absolute atomic E-state index is 0.00269. The molecule has 13 heteroatoms. The zero-order valence-electron chi connectivity index (χ0n) is 25.3. The predicted octanol–water partition coefficient (Wildman–Crippen LogP) is 2.38. The van der Waals surface area contributed by atoms with Crippen LogP contribution in [0.4, 0.5) is 13.6 Å². The van der Waals surface area contributed by atoms with Crippen LogP contribution in [0.1, 0.15) is 49.8 Å². The van der Waals surface area contributed by atoms with E-state index in [1.165, 1.54) is 0 Å². The molecule has 2 aromatic carbocycles. The number of hydrogen-bond acceptors (Lipinski definition) is 8. The number of amides is 2. The second-order valence-electron chi connectivity index (χ2n) is 11.2. The largest absolute Gasteiger partial charge is 0.445 e. The molecule has 10 nitrogen and oxygen atoms in total. The highest BCUT2D eigenvalue weighted by atomic mass is 32.2. The number of carbonyl (C=O) groups excluding carboxylic acids is 2. The van der Waals surface area contributed by atoms with E-state index in [-0.39, 0.29) is 24.3 Å². The van der Waals surface area contributed by atoms with Gasteiger partial charge in [-0.25, -0.2) is 22.0 Å². The molecule has 44 heavy (non-hydrogen) atoms. The molecule has 0 bridgehead atoms. The SMILES string of the molecule is CCCCS(=O)(=O)C[C@@H](NC(=O)O[C@@H]1CCNC1)C(=O)N[C@@H](Cc1cc(F)cc(F)c1)[C@H](O)CNCc1cccc(CC)c1. The third-order valence-corrected chi connectivity index (χ3v) is 9.13. The maximum Gasteiger partial charge on any atom is 0.408 e. The van der Waals surface area contributed by atoms with Crippen LogP contribution in [-0.4, -0.2) is 81.0 Å². The van der Waals surface area contributed by atoms with Gasteiger partial charge in [-0.1, -0.05) is 44.5 Å². The van der Waals surface area contributed by atoms with Crippen molar-refractivity contribution in [2.45, 2.75) is 76.8 Å². The van der Waals surface area contributed by atoms with Crippen LogP contribution in [-0.2, 0) is 38.8 Å². The number of nitrogens with one attached hydrogen (secondary N) is 4. The summed E-state index contributed by atoms with van der Waals surface area (Å²) in [5.41, 5.74) is 2.32. The number of carbonyl (C=O) groups is 2. The van der Waals surface area contributed by atoms with Crippen LogP contribution in [0.5, 0.6) is 0 Å². The Bertz CT molecular complexity index is 1320. The number of unbranched alkanes of at least 4 members (excludes halogenated alkanes) is 1. The molecule has 3 rings (SSSR count). The number of ether oxygens (including phenoxy) is 1. The summed E-state index contributed by atoms with van der Waals surface area (Å²) in [6.45, 7) is 5.39. The lowest BCUT2D eigenvalue weighted by molar-refractivity contribution is -0.124. The molecular formula is C31H44F2N4O6S. The summed E-state index contributed by atoms with van der Waals surface area (Å²) < 4.78 is 58.9. The standard InChI is InChI=1S/C31H44F2N4O6S/c1-3-5-11-44(41,42)20-28(37-31(40)43-26-9-10-34-18-26)30(39)36-27(15-23-13-24(32)16-25(33)14-23)29(38)19-35-17-22-8-6-7-21(4-2)12-22/h6-8,12-14,16,26-29,34-35,38H,3-5,9-11,15,17-20H2,1-2H3,(H,36,39)(H,37,40)/t26-,27+,28-,29-/m1/s1. The smallest absolute Gasteiger partial charge is 0.408 e.